The molecule has 0 aromatic heterocycles. The summed E-state index contributed by atoms with van der Waals surface area (Å²) in [6.07, 6.45) is 8.21. The first kappa shape index (κ1) is 12.9. The highest BCUT2D eigenvalue weighted by Crippen LogP contribution is 2.27. The molecule has 0 spiro atoms. The molecule has 2 heteroatoms. The predicted octanol–water partition coefficient (Wildman–Crippen LogP) is 5.22. The van der Waals surface area contributed by atoms with Crippen LogP contribution in [-0.2, 0) is 0 Å². The molecule has 1 fully saturated rings. The van der Waals surface area contributed by atoms with E-state index in [0.29, 0.717) is 6.04 Å². The van der Waals surface area contributed by atoms with Gasteiger partial charge in [0.05, 0.1) is 0 Å². The van der Waals surface area contributed by atoms with Gasteiger partial charge in [0, 0.05) is 16.2 Å². The molecule has 0 amide bonds. The Kier molecular flexibility index (Phi) is 4.90. The second-order valence-corrected chi connectivity index (χ2v) is 6.05. The Labute approximate surface area is 113 Å². The van der Waals surface area contributed by atoms with Crippen LogP contribution < -0.4 is 5.32 Å². The summed E-state index contributed by atoms with van der Waals surface area (Å²) < 4.78 is 1.15. The van der Waals surface area contributed by atoms with Crippen LogP contribution in [0.5, 0.6) is 0 Å². The van der Waals surface area contributed by atoms with E-state index in [2.05, 4.69) is 52.4 Å². The third-order valence-electron chi connectivity index (χ3n) is 3.88. The van der Waals surface area contributed by atoms with Crippen LogP contribution >= 0.6 is 15.9 Å². The highest BCUT2D eigenvalue weighted by atomic mass is 79.9. The molecule has 94 valence electrons. The van der Waals surface area contributed by atoms with E-state index in [9.17, 15) is 0 Å². The Balaban J connectivity index is 1.88. The molecule has 2 atom stereocenters. The van der Waals surface area contributed by atoms with E-state index in [1.807, 2.05) is 0 Å². The quantitative estimate of drug-likeness (QED) is 0.754. The van der Waals surface area contributed by atoms with E-state index in [-0.39, 0.29) is 0 Å². The average Bonchev–Trinajstić information content (AvgIpc) is 2.57. The largest absolute Gasteiger partial charge is 0.382 e. The van der Waals surface area contributed by atoms with Crippen molar-refractivity contribution in [2.75, 3.05) is 5.32 Å². The molecule has 0 saturated heterocycles. The molecule has 1 N–H and O–H groups in total. The van der Waals surface area contributed by atoms with Crippen molar-refractivity contribution in [3.63, 3.8) is 0 Å². The lowest BCUT2D eigenvalue weighted by Crippen LogP contribution is -2.18. The molecule has 2 unspecified atom stereocenters. The van der Waals surface area contributed by atoms with Crippen molar-refractivity contribution in [2.24, 2.45) is 5.92 Å². The highest BCUT2D eigenvalue weighted by Gasteiger charge is 2.17. The van der Waals surface area contributed by atoms with Crippen molar-refractivity contribution in [3.8, 4) is 0 Å². The van der Waals surface area contributed by atoms with Crippen LogP contribution in [0.3, 0.4) is 0 Å². The molecule has 0 radical (unpaired) electrons. The zero-order valence-electron chi connectivity index (χ0n) is 10.6. The van der Waals surface area contributed by atoms with Crippen LogP contribution in [0.25, 0.3) is 0 Å². The SMILES string of the molecule is CCC1CCCC(Nc2ccc(Br)cc2)CC1. The summed E-state index contributed by atoms with van der Waals surface area (Å²) in [6.45, 7) is 2.33. The predicted molar refractivity (Wildman–Crippen MR) is 78.4 cm³/mol. The van der Waals surface area contributed by atoms with Crippen molar-refractivity contribution in [3.05, 3.63) is 28.7 Å². The summed E-state index contributed by atoms with van der Waals surface area (Å²) in [6, 6.07) is 9.20. The van der Waals surface area contributed by atoms with Gasteiger partial charge in [-0.15, -0.1) is 0 Å². The summed E-state index contributed by atoms with van der Waals surface area (Å²) in [7, 11) is 0. The van der Waals surface area contributed by atoms with Gasteiger partial charge in [0.2, 0.25) is 0 Å². The zero-order chi connectivity index (χ0) is 12.1. The number of hydrogen-bond acceptors (Lipinski definition) is 1. The van der Waals surface area contributed by atoms with Gasteiger partial charge < -0.3 is 5.32 Å². The minimum atomic E-state index is 0.674. The van der Waals surface area contributed by atoms with Crippen molar-refractivity contribution in [1.29, 1.82) is 0 Å². The summed E-state index contributed by atoms with van der Waals surface area (Å²) in [5.74, 6) is 0.965. The molecule has 1 saturated carbocycles. The third-order valence-corrected chi connectivity index (χ3v) is 4.41. The van der Waals surface area contributed by atoms with Gasteiger partial charge in [0.15, 0.2) is 0 Å². The molecule has 1 aliphatic rings. The van der Waals surface area contributed by atoms with E-state index >= 15 is 0 Å². The fourth-order valence-electron chi connectivity index (χ4n) is 2.71. The number of halogens is 1. The molecular weight excluding hydrogens is 274 g/mol. The Morgan fingerprint density at radius 2 is 1.88 bits per heavy atom. The Bertz CT molecular complexity index is 333. The summed E-state index contributed by atoms with van der Waals surface area (Å²) in [4.78, 5) is 0. The number of rotatable bonds is 3. The Morgan fingerprint density at radius 3 is 2.59 bits per heavy atom. The van der Waals surface area contributed by atoms with Gasteiger partial charge >= 0.3 is 0 Å². The molecule has 2 rings (SSSR count). The maximum atomic E-state index is 3.67. The van der Waals surface area contributed by atoms with Gasteiger partial charge in [-0.25, -0.2) is 0 Å². The van der Waals surface area contributed by atoms with Gasteiger partial charge in [-0.2, -0.15) is 0 Å². The lowest BCUT2D eigenvalue weighted by molar-refractivity contribution is 0.444. The van der Waals surface area contributed by atoms with Crippen molar-refractivity contribution in [1.82, 2.24) is 0 Å². The number of nitrogens with one attached hydrogen (secondary N) is 1. The van der Waals surface area contributed by atoms with Crippen LogP contribution in [0, 0.1) is 5.92 Å². The maximum Gasteiger partial charge on any atom is 0.0343 e. The van der Waals surface area contributed by atoms with E-state index in [1.165, 1.54) is 44.2 Å². The second-order valence-electron chi connectivity index (χ2n) is 5.13. The van der Waals surface area contributed by atoms with Gasteiger partial charge in [-0.1, -0.05) is 42.1 Å². The van der Waals surface area contributed by atoms with E-state index in [0.717, 1.165) is 10.4 Å². The summed E-state index contributed by atoms with van der Waals surface area (Å²) in [5, 5.41) is 3.67. The molecule has 1 aliphatic carbocycles. The molecule has 0 heterocycles. The second kappa shape index (κ2) is 6.44. The van der Waals surface area contributed by atoms with Crippen LogP contribution in [0.1, 0.15) is 45.4 Å². The van der Waals surface area contributed by atoms with Crippen LogP contribution in [0.2, 0.25) is 0 Å². The van der Waals surface area contributed by atoms with E-state index in [4.69, 9.17) is 0 Å². The van der Waals surface area contributed by atoms with Gasteiger partial charge in [-0.3, -0.25) is 0 Å². The van der Waals surface area contributed by atoms with Gasteiger partial charge in [0.1, 0.15) is 0 Å². The number of hydrogen-bond donors (Lipinski definition) is 1. The molecule has 17 heavy (non-hydrogen) atoms. The summed E-state index contributed by atoms with van der Waals surface area (Å²) in [5.41, 5.74) is 1.26. The fraction of sp³-hybridized carbons (Fsp3) is 0.600. The number of benzene rings is 1. The third kappa shape index (κ3) is 4.02. The molecule has 0 aliphatic heterocycles. The minimum Gasteiger partial charge on any atom is -0.382 e. The topological polar surface area (TPSA) is 12.0 Å². The zero-order valence-corrected chi connectivity index (χ0v) is 12.2. The lowest BCUT2D eigenvalue weighted by atomic mass is 9.98. The summed E-state index contributed by atoms with van der Waals surface area (Å²) >= 11 is 3.47. The minimum absolute atomic E-state index is 0.674. The van der Waals surface area contributed by atoms with Crippen LogP contribution in [0.4, 0.5) is 5.69 Å². The van der Waals surface area contributed by atoms with Crippen LogP contribution in [0.15, 0.2) is 28.7 Å². The van der Waals surface area contributed by atoms with E-state index < -0.39 is 0 Å². The molecule has 0 bridgehead atoms. The monoisotopic (exact) mass is 295 g/mol. The van der Waals surface area contributed by atoms with Crippen molar-refractivity contribution in [2.45, 2.75) is 51.5 Å². The smallest absolute Gasteiger partial charge is 0.0343 e. The fourth-order valence-corrected chi connectivity index (χ4v) is 2.98. The van der Waals surface area contributed by atoms with E-state index in [1.54, 1.807) is 0 Å². The lowest BCUT2D eigenvalue weighted by Gasteiger charge is -2.18. The Morgan fingerprint density at radius 1 is 1.12 bits per heavy atom. The van der Waals surface area contributed by atoms with Crippen molar-refractivity contribution < 1.29 is 0 Å². The van der Waals surface area contributed by atoms with Crippen LogP contribution in [-0.4, -0.2) is 6.04 Å². The van der Waals surface area contributed by atoms with Crippen molar-refractivity contribution >= 4 is 21.6 Å². The first-order valence-electron chi connectivity index (χ1n) is 6.80. The molecule has 1 nitrogen and oxygen atoms in total. The first-order valence-corrected chi connectivity index (χ1v) is 7.59. The molecular formula is C15H22BrN. The normalized spacial score (nSPS) is 25.3. The number of anilines is 1. The molecule has 1 aromatic carbocycles. The standard InChI is InChI=1S/C15H22BrN/c1-2-12-4-3-5-14(9-6-12)17-15-10-7-13(16)8-11-15/h7-8,10-12,14,17H,2-6,9H2,1H3. The first-order chi connectivity index (χ1) is 8.28. The maximum absolute atomic E-state index is 3.67. The Hall–Kier alpha value is -0.500. The molecule has 1 aromatic rings. The van der Waals surface area contributed by atoms with Gasteiger partial charge in [-0.05, 0) is 49.4 Å². The van der Waals surface area contributed by atoms with Gasteiger partial charge in [0.25, 0.3) is 0 Å². The highest BCUT2D eigenvalue weighted by molar-refractivity contribution is 9.10. The average molecular weight is 296 g/mol.